The van der Waals surface area contributed by atoms with Crippen LogP contribution in [0.4, 0.5) is 5.69 Å². The number of carbonyl (C=O) groups is 1. The molecule has 2 aromatic carbocycles. The van der Waals surface area contributed by atoms with Gasteiger partial charge in [-0.2, -0.15) is 0 Å². The molecule has 1 aliphatic heterocycles. The van der Waals surface area contributed by atoms with Crippen LogP contribution in [0.15, 0.2) is 47.4 Å². The highest BCUT2D eigenvalue weighted by atomic mass is 35.5. The Morgan fingerprint density at radius 2 is 2.00 bits per heavy atom. The third-order valence-corrected chi connectivity index (χ3v) is 5.77. The van der Waals surface area contributed by atoms with Crippen LogP contribution in [0.5, 0.6) is 5.75 Å². The van der Waals surface area contributed by atoms with Gasteiger partial charge in [0.05, 0.1) is 18.7 Å². The Morgan fingerprint density at radius 3 is 2.69 bits per heavy atom. The van der Waals surface area contributed by atoms with Crippen molar-refractivity contribution in [2.45, 2.75) is 6.92 Å². The number of rotatable bonds is 5. The first kappa shape index (κ1) is 18.8. The van der Waals surface area contributed by atoms with Crippen LogP contribution in [0.2, 0.25) is 5.02 Å². The third kappa shape index (κ3) is 4.03. The van der Waals surface area contributed by atoms with Crippen LogP contribution in [0.25, 0.3) is 6.08 Å². The number of benzene rings is 2. The first-order valence-corrected chi connectivity index (χ1v) is 9.48. The van der Waals surface area contributed by atoms with E-state index in [2.05, 4.69) is 5.32 Å². The van der Waals surface area contributed by atoms with Gasteiger partial charge in [0.1, 0.15) is 10.1 Å². The molecule has 7 heteroatoms. The molecule has 134 valence electrons. The molecule has 1 N–H and O–H groups in total. The van der Waals surface area contributed by atoms with Gasteiger partial charge in [0.25, 0.3) is 5.91 Å². The summed E-state index contributed by atoms with van der Waals surface area (Å²) in [4.78, 5) is 14.8. The van der Waals surface area contributed by atoms with Crippen molar-refractivity contribution in [3.63, 3.8) is 0 Å². The van der Waals surface area contributed by atoms with Crippen molar-refractivity contribution in [3.8, 4) is 5.75 Å². The van der Waals surface area contributed by atoms with Gasteiger partial charge in [0.15, 0.2) is 0 Å². The van der Waals surface area contributed by atoms with Gasteiger partial charge < -0.3 is 10.1 Å². The predicted molar refractivity (Wildman–Crippen MR) is 113 cm³/mol. The van der Waals surface area contributed by atoms with Crippen molar-refractivity contribution < 1.29 is 9.53 Å². The summed E-state index contributed by atoms with van der Waals surface area (Å²) in [7, 11) is 1.62. The maximum absolute atomic E-state index is 12.7. The molecule has 2 aromatic rings. The second kappa shape index (κ2) is 8.12. The van der Waals surface area contributed by atoms with Crippen molar-refractivity contribution in [1.82, 2.24) is 4.90 Å². The van der Waals surface area contributed by atoms with E-state index in [0.717, 1.165) is 22.6 Å². The van der Waals surface area contributed by atoms with E-state index in [1.165, 1.54) is 11.8 Å². The number of thiocarbonyl (C=S) groups is 1. The molecule has 26 heavy (non-hydrogen) atoms. The number of methoxy groups -OCH3 is 1. The number of anilines is 1. The average molecular weight is 405 g/mol. The highest BCUT2D eigenvalue weighted by Crippen LogP contribution is 2.33. The summed E-state index contributed by atoms with van der Waals surface area (Å²) in [6, 6.07) is 13.1. The zero-order chi connectivity index (χ0) is 18.7. The van der Waals surface area contributed by atoms with E-state index in [-0.39, 0.29) is 5.91 Å². The number of nitrogens with one attached hydrogen (secondary N) is 1. The molecule has 4 nitrogen and oxygen atoms in total. The minimum absolute atomic E-state index is 0.108. The number of ether oxygens (including phenoxy) is 1. The van der Waals surface area contributed by atoms with Gasteiger partial charge in [-0.3, -0.25) is 9.69 Å². The number of amides is 1. The third-order valence-electron chi connectivity index (χ3n) is 3.98. The maximum Gasteiger partial charge on any atom is 0.267 e. The normalized spacial score (nSPS) is 15.7. The predicted octanol–water partition coefficient (Wildman–Crippen LogP) is 4.93. The molecule has 1 fully saturated rings. The molecule has 0 unspecified atom stereocenters. The quantitative estimate of drug-likeness (QED) is 0.565. The van der Waals surface area contributed by atoms with Crippen LogP contribution >= 0.6 is 35.6 Å². The average Bonchev–Trinajstić information content (AvgIpc) is 2.90. The van der Waals surface area contributed by atoms with Crippen molar-refractivity contribution in [3.05, 3.63) is 63.5 Å². The molecule has 0 saturated carbocycles. The summed E-state index contributed by atoms with van der Waals surface area (Å²) in [5.74, 6) is 0.666. The molecule has 1 saturated heterocycles. The Balaban J connectivity index is 1.72. The summed E-state index contributed by atoms with van der Waals surface area (Å²) in [5.41, 5.74) is 2.74. The van der Waals surface area contributed by atoms with E-state index in [0.29, 0.717) is 20.9 Å². The lowest BCUT2D eigenvalue weighted by Gasteiger charge is -2.17. The molecule has 1 heterocycles. The number of hydrogen-bond donors (Lipinski definition) is 1. The maximum atomic E-state index is 12.7. The van der Waals surface area contributed by atoms with Crippen LogP contribution in [0.1, 0.15) is 11.1 Å². The van der Waals surface area contributed by atoms with Gasteiger partial charge in [-0.25, -0.2) is 0 Å². The van der Waals surface area contributed by atoms with Crippen molar-refractivity contribution in [1.29, 1.82) is 0 Å². The molecule has 0 spiro atoms. The summed E-state index contributed by atoms with van der Waals surface area (Å²) >= 11 is 12.8. The molecule has 3 rings (SSSR count). The topological polar surface area (TPSA) is 41.6 Å². The number of halogens is 1. The summed E-state index contributed by atoms with van der Waals surface area (Å²) in [5, 5.41) is 3.91. The highest BCUT2D eigenvalue weighted by molar-refractivity contribution is 8.26. The first-order valence-electron chi connectivity index (χ1n) is 7.88. The molecule has 0 bridgehead atoms. The lowest BCUT2D eigenvalue weighted by atomic mass is 10.2. The second-order valence-corrected chi connectivity index (χ2v) is 7.71. The van der Waals surface area contributed by atoms with Gasteiger partial charge in [0.2, 0.25) is 0 Å². The highest BCUT2D eigenvalue weighted by Gasteiger charge is 2.31. The van der Waals surface area contributed by atoms with E-state index in [1.54, 1.807) is 12.0 Å². The minimum atomic E-state index is -0.108. The molecule has 0 aliphatic carbocycles. The Kier molecular flexibility index (Phi) is 5.86. The smallest absolute Gasteiger partial charge is 0.267 e. The Labute approximate surface area is 167 Å². The fraction of sp³-hybridized carbons (Fsp3) is 0.158. The summed E-state index contributed by atoms with van der Waals surface area (Å²) in [6.07, 6.45) is 1.84. The van der Waals surface area contributed by atoms with Gasteiger partial charge >= 0.3 is 0 Å². The molecular weight excluding hydrogens is 388 g/mol. The van der Waals surface area contributed by atoms with Crippen LogP contribution < -0.4 is 10.1 Å². The Morgan fingerprint density at radius 1 is 1.27 bits per heavy atom. The zero-order valence-electron chi connectivity index (χ0n) is 14.3. The first-order chi connectivity index (χ1) is 12.5. The van der Waals surface area contributed by atoms with Crippen LogP contribution in [0, 0.1) is 6.92 Å². The van der Waals surface area contributed by atoms with Crippen molar-refractivity contribution in [2.75, 3.05) is 19.1 Å². The van der Waals surface area contributed by atoms with Crippen molar-refractivity contribution in [2.24, 2.45) is 0 Å². The number of carbonyl (C=O) groups excluding carboxylic acids is 1. The van der Waals surface area contributed by atoms with Gasteiger partial charge in [-0.1, -0.05) is 53.8 Å². The minimum Gasteiger partial charge on any atom is -0.497 e. The van der Waals surface area contributed by atoms with E-state index < -0.39 is 0 Å². The monoisotopic (exact) mass is 404 g/mol. The summed E-state index contributed by atoms with van der Waals surface area (Å²) in [6.45, 7) is 2.23. The van der Waals surface area contributed by atoms with Gasteiger partial charge in [0, 0.05) is 10.7 Å². The van der Waals surface area contributed by atoms with Crippen LogP contribution in [-0.2, 0) is 4.79 Å². The van der Waals surface area contributed by atoms with E-state index >= 15 is 0 Å². The lowest BCUT2D eigenvalue weighted by Crippen LogP contribution is -2.33. The van der Waals surface area contributed by atoms with E-state index in [4.69, 9.17) is 28.6 Å². The largest absolute Gasteiger partial charge is 0.497 e. The molecule has 0 aromatic heterocycles. The lowest BCUT2D eigenvalue weighted by molar-refractivity contribution is -0.121. The number of hydrogen-bond acceptors (Lipinski definition) is 5. The van der Waals surface area contributed by atoms with Gasteiger partial charge in [-0.15, -0.1) is 0 Å². The Bertz CT molecular complexity index is 882. The Hall–Kier alpha value is -2.02. The SMILES string of the molecule is COc1ccc(C=C2SC(=S)N(CNc3cccc(Cl)c3C)C2=O)cc1. The van der Waals surface area contributed by atoms with Crippen molar-refractivity contribution >= 4 is 57.6 Å². The number of nitrogens with zero attached hydrogens (tertiary/aromatic N) is 1. The van der Waals surface area contributed by atoms with E-state index in [1.807, 2.05) is 55.5 Å². The molecular formula is C19H17ClN2O2S2. The molecule has 1 amide bonds. The molecule has 0 radical (unpaired) electrons. The van der Waals surface area contributed by atoms with E-state index in [9.17, 15) is 4.79 Å². The second-order valence-electron chi connectivity index (χ2n) is 5.63. The standard InChI is InChI=1S/C19H17ClN2O2S2/c1-12-15(20)4-3-5-16(12)21-11-22-18(23)17(26-19(22)25)10-13-6-8-14(24-2)9-7-13/h3-10,21H,11H2,1-2H3. The fourth-order valence-electron chi connectivity index (χ4n) is 2.45. The number of thioether (sulfide) groups is 1. The van der Waals surface area contributed by atoms with Crippen LogP contribution in [-0.4, -0.2) is 28.9 Å². The van der Waals surface area contributed by atoms with Gasteiger partial charge in [-0.05, 0) is 48.4 Å². The molecule has 0 atom stereocenters. The summed E-state index contributed by atoms with van der Waals surface area (Å²) < 4.78 is 5.68. The molecule has 1 aliphatic rings. The zero-order valence-corrected chi connectivity index (χ0v) is 16.7. The fourth-order valence-corrected chi connectivity index (χ4v) is 3.88. The van der Waals surface area contributed by atoms with Crippen LogP contribution in [0.3, 0.4) is 0 Å².